The van der Waals surface area contributed by atoms with Crippen LogP contribution in [0.25, 0.3) is 0 Å². The topological polar surface area (TPSA) is 61.8 Å². The van der Waals surface area contributed by atoms with Gasteiger partial charge in [-0.3, -0.25) is 9.59 Å². The van der Waals surface area contributed by atoms with E-state index in [1.165, 1.54) is 39.7 Å². The van der Waals surface area contributed by atoms with E-state index in [9.17, 15) is 9.59 Å². The average Bonchev–Trinajstić information content (AvgIpc) is 3.02. The summed E-state index contributed by atoms with van der Waals surface area (Å²) in [4.78, 5) is 24.5. The Morgan fingerprint density at radius 3 is 2.03 bits per heavy atom. The minimum Gasteiger partial charge on any atom is -0.333 e. The predicted octanol–water partition coefficient (Wildman–Crippen LogP) is 4.69. The third-order valence-electron chi connectivity index (χ3n) is 8.70. The monoisotopic (exact) mass is 406 g/mol. The highest BCUT2D eigenvalue weighted by molar-refractivity contribution is 5.96. The SMILES string of the molecule is CC1=C2CCC3C(CC[C@]4(C)C(=O)CCC34)[C@@]2(C)CCC1=O.COC(OC)OC. The number of fused-ring (bicyclic) bond motifs is 5. The van der Waals surface area contributed by atoms with Gasteiger partial charge in [-0.05, 0) is 74.2 Å². The molecule has 29 heavy (non-hydrogen) atoms. The van der Waals surface area contributed by atoms with Gasteiger partial charge in [-0.1, -0.05) is 19.4 Å². The van der Waals surface area contributed by atoms with E-state index in [-0.39, 0.29) is 10.8 Å². The van der Waals surface area contributed by atoms with Gasteiger partial charge in [-0.25, -0.2) is 0 Å². The van der Waals surface area contributed by atoms with Gasteiger partial charge in [0.05, 0.1) is 0 Å². The number of ketones is 2. The molecule has 0 aromatic carbocycles. The Morgan fingerprint density at radius 2 is 1.45 bits per heavy atom. The molecule has 164 valence electrons. The van der Waals surface area contributed by atoms with Crippen molar-refractivity contribution in [3.8, 4) is 0 Å². The van der Waals surface area contributed by atoms with Crippen molar-refractivity contribution in [1.82, 2.24) is 0 Å². The van der Waals surface area contributed by atoms with Crippen molar-refractivity contribution >= 4 is 11.6 Å². The molecule has 0 aliphatic heterocycles. The zero-order valence-corrected chi connectivity index (χ0v) is 19.0. The summed E-state index contributed by atoms with van der Waals surface area (Å²) in [6.07, 6.45) is 8.25. The Labute approximate surface area is 175 Å². The highest BCUT2D eigenvalue weighted by atomic mass is 16.8. The summed E-state index contributed by atoms with van der Waals surface area (Å²) in [6, 6.07) is 0. The van der Waals surface area contributed by atoms with Gasteiger partial charge >= 0.3 is 0 Å². The summed E-state index contributed by atoms with van der Waals surface area (Å²) in [5.41, 5.74) is 2.74. The Balaban J connectivity index is 0.000000298. The lowest BCUT2D eigenvalue weighted by atomic mass is 9.47. The first-order valence-corrected chi connectivity index (χ1v) is 11.1. The van der Waals surface area contributed by atoms with Crippen LogP contribution >= 0.6 is 0 Å². The number of carbonyl (C=O) groups excluding carboxylic acids is 2. The number of allylic oxidation sites excluding steroid dienone is 1. The molecule has 3 fully saturated rings. The molecular weight excluding hydrogens is 368 g/mol. The van der Waals surface area contributed by atoms with E-state index in [2.05, 4.69) is 35.0 Å². The Hall–Kier alpha value is -1.04. The molecule has 4 rings (SSSR count). The molecule has 4 aliphatic carbocycles. The van der Waals surface area contributed by atoms with Crippen molar-refractivity contribution in [2.45, 2.75) is 78.6 Å². The molecule has 0 aromatic rings. The van der Waals surface area contributed by atoms with E-state index in [1.807, 2.05) is 0 Å². The van der Waals surface area contributed by atoms with Gasteiger partial charge in [0.25, 0.3) is 6.48 Å². The van der Waals surface area contributed by atoms with Crippen LogP contribution in [0.5, 0.6) is 0 Å². The van der Waals surface area contributed by atoms with Gasteiger partial charge in [0, 0.05) is 39.6 Å². The number of rotatable bonds is 3. The number of ether oxygens (including phenoxy) is 3. The fourth-order valence-electron chi connectivity index (χ4n) is 7.04. The van der Waals surface area contributed by atoms with Crippen molar-refractivity contribution < 1.29 is 23.8 Å². The molecule has 5 heteroatoms. The molecule has 5 atom stereocenters. The van der Waals surface area contributed by atoms with Crippen LogP contribution in [0.1, 0.15) is 72.1 Å². The van der Waals surface area contributed by atoms with Gasteiger partial charge in [-0.15, -0.1) is 0 Å². The van der Waals surface area contributed by atoms with Crippen LogP contribution in [-0.4, -0.2) is 39.4 Å². The summed E-state index contributed by atoms with van der Waals surface area (Å²) in [5.74, 6) is 2.92. The lowest BCUT2D eigenvalue weighted by Crippen LogP contribution is -2.51. The van der Waals surface area contributed by atoms with Crippen LogP contribution in [0.2, 0.25) is 0 Å². The maximum absolute atomic E-state index is 12.4. The Morgan fingerprint density at radius 1 is 0.828 bits per heavy atom. The van der Waals surface area contributed by atoms with E-state index in [0.29, 0.717) is 29.3 Å². The first-order valence-electron chi connectivity index (χ1n) is 11.1. The van der Waals surface area contributed by atoms with E-state index in [0.717, 1.165) is 44.1 Å². The Kier molecular flexibility index (Phi) is 6.72. The number of Topliss-reactive ketones (excluding diaryl/α,β-unsaturated/α-hetero) is 2. The van der Waals surface area contributed by atoms with Crippen LogP contribution in [0.15, 0.2) is 11.1 Å². The van der Waals surface area contributed by atoms with Gasteiger partial charge < -0.3 is 14.2 Å². The normalized spacial score (nSPS) is 38.9. The summed E-state index contributed by atoms with van der Waals surface area (Å²) in [7, 11) is 4.53. The third kappa shape index (κ3) is 3.75. The molecule has 0 heterocycles. The quantitative estimate of drug-likeness (QED) is 0.637. The summed E-state index contributed by atoms with van der Waals surface area (Å²) >= 11 is 0. The first-order chi connectivity index (χ1) is 13.7. The zero-order valence-electron chi connectivity index (χ0n) is 19.0. The molecular formula is C24H38O5. The molecule has 0 spiro atoms. The second-order valence-corrected chi connectivity index (χ2v) is 9.77. The number of hydrogen-bond donors (Lipinski definition) is 0. The molecule has 0 N–H and O–H groups in total. The van der Waals surface area contributed by atoms with Crippen molar-refractivity contribution in [3.63, 3.8) is 0 Å². The van der Waals surface area contributed by atoms with Gasteiger partial charge in [0.1, 0.15) is 5.78 Å². The molecule has 0 amide bonds. The van der Waals surface area contributed by atoms with Crippen molar-refractivity contribution in [2.24, 2.45) is 28.6 Å². The zero-order chi connectivity index (χ0) is 21.4. The lowest BCUT2D eigenvalue weighted by molar-refractivity contribution is -0.252. The molecule has 3 unspecified atom stereocenters. The molecule has 0 radical (unpaired) electrons. The van der Waals surface area contributed by atoms with E-state index in [1.54, 1.807) is 0 Å². The van der Waals surface area contributed by atoms with Crippen molar-refractivity contribution in [3.05, 3.63) is 11.1 Å². The van der Waals surface area contributed by atoms with E-state index >= 15 is 0 Å². The lowest BCUT2D eigenvalue weighted by Gasteiger charge is -2.57. The average molecular weight is 407 g/mol. The van der Waals surface area contributed by atoms with Gasteiger partial charge in [0.2, 0.25) is 0 Å². The summed E-state index contributed by atoms with van der Waals surface area (Å²) < 4.78 is 13.8. The standard InChI is InChI=1S/C20H28O2.C4H10O3/c1-12-14-5-4-13-15-6-7-18(22)20(15,3)10-8-16(13)19(14,2)11-9-17(12)21;1-5-4(6-2)7-3/h13,15-16H,4-11H2,1-3H3;4H,1-3H3/t13?,15?,16?,19-,20-;/m0./s1. The first kappa shape index (κ1) is 22.6. The summed E-state index contributed by atoms with van der Waals surface area (Å²) in [6.45, 7) is 6.21. The molecule has 5 nitrogen and oxygen atoms in total. The molecule has 0 saturated heterocycles. The van der Waals surface area contributed by atoms with Crippen LogP contribution < -0.4 is 0 Å². The second-order valence-electron chi connectivity index (χ2n) is 9.77. The molecule has 4 aliphatic rings. The highest BCUT2D eigenvalue weighted by Gasteiger charge is 2.59. The van der Waals surface area contributed by atoms with E-state index in [4.69, 9.17) is 0 Å². The van der Waals surface area contributed by atoms with Crippen molar-refractivity contribution in [1.29, 1.82) is 0 Å². The fraction of sp³-hybridized carbons (Fsp3) is 0.833. The maximum Gasteiger partial charge on any atom is 0.270 e. The van der Waals surface area contributed by atoms with Crippen LogP contribution in [0.4, 0.5) is 0 Å². The molecule has 0 aromatic heterocycles. The number of carbonyl (C=O) groups is 2. The third-order valence-corrected chi connectivity index (χ3v) is 8.70. The van der Waals surface area contributed by atoms with Gasteiger partial charge in [0.15, 0.2) is 5.78 Å². The molecule has 0 bridgehead atoms. The van der Waals surface area contributed by atoms with Crippen LogP contribution in [0, 0.1) is 28.6 Å². The van der Waals surface area contributed by atoms with Crippen LogP contribution in [0.3, 0.4) is 0 Å². The fourth-order valence-corrected chi connectivity index (χ4v) is 7.04. The number of hydrogen-bond acceptors (Lipinski definition) is 5. The van der Waals surface area contributed by atoms with Crippen molar-refractivity contribution in [2.75, 3.05) is 21.3 Å². The minimum absolute atomic E-state index is 0.0295. The molecule has 3 saturated carbocycles. The summed E-state index contributed by atoms with van der Waals surface area (Å²) in [5, 5.41) is 0. The largest absolute Gasteiger partial charge is 0.333 e. The highest BCUT2D eigenvalue weighted by Crippen LogP contribution is 2.64. The Bertz CT molecular complexity index is 673. The second kappa shape index (κ2) is 8.60. The van der Waals surface area contributed by atoms with Crippen LogP contribution in [-0.2, 0) is 23.8 Å². The predicted molar refractivity (Wildman–Crippen MR) is 111 cm³/mol. The smallest absolute Gasteiger partial charge is 0.270 e. The van der Waals surface area contributed by atoms with Gasteiger partial charge in [-0.2, -0.15) is 0 Å². The van der Waals surface area contributed by atoms with E-state index < -0.39 is 6.48 Å². The minimum atomic E-state index is -0.514. The maximum atomic E-state index is 12.4. The number of methoxy groups -OCH3 is 3.